The molecule has 0 amide bonds. The zero-order valence-electron chi connectivity index (χ0n) is 8.20. The highest BCUT2D eigenvalue weighted by Crippen LogP contribution is 2.27. The van der Waals surface area contributed by atoms with Crippen LogP contribution < -0.4 is 4.74 Å². The Kier molecular flexibility index (Phi) is 3.40. The van der Waals surface area contributed by atoms with E-state index in [0.717, 1.165) is 6.07 Å². The Morgan fingerprint density at radius 3 is 2.62 bits per heavy atom. The van der Waals surface area contributed by atoms with Gasteiger partial charge in [0.2, 0.25) is 0 Å². The Morgan fingerprint density at radius 2 is 2.19 bits per heavy atom. The van der Waals surface area contributed by atoms with Gasteiger partial charge in [0.25, 0.3) is 0 Å². The van der Waals surface area contributed by atoms with E-state index < -0.39 is 18.3 Å². The molecule has 0 radical (unpaired) electrons. The van der Waals surface area contributed by atoms with Crippen molar-refractivity contribution in [3.8, 4) is 11.8 Å². The SMILES string of the molecule is Cc1c(C(=O)O)ccc(C#N)c1OC(F)F. The number of rotatable bonds is 3. The van der Waals surface area contributed by atoms with Crippen molar-refractivity contribution >= 4 is 5.97 Å². The van der Waals surface area contributed by atoms with Crippen LogP contribution in [0.15, 0.2) is 12.1 Å². The number of alkyl halides is 2. The lowest BCUT2D eigenvalue weighted by Gasteiger charge is -2.11. The predicted molar refractivity (Wildman–Crippen MR) is 49.5 cm³/mol. The second kappa shape index (κ2) is 4.57. The fourth-order valence-corrected chi connectivity index (χ4v) is 1.25. The molecular weight excluding hydrogens is 220 g/mol. The molecule has 0 heterocycles. The van der Waals surface area contributed by atoms with Crippen LogP contribution in [0.2, 0.25) is 0 Å². The van der Waals surface area contributed by atoms with Crippen molar-refractivity contribution in [1.82, 2.24) is 0 Å². The molecule has 0 saturated carbocycles. The van der Waals surface area contributed by atoms with Crippen LogP contribution in [0.4, 0.5) is 8.78 Å². The Labute approximate surface area is 89.7 Å². The van der Waals surface area contributed by atoms with Gasteiger partial charge in [0.15, 0.2) is 0 Å². The molecule has 4 nitrogen and oxygen atoms in total. The second-order valence-electron chi connectivity index (χ2n) is 2.91. The number of halogens is 2. The molecule has 0 aromatic heterocycles. The Hall–Kier alpha value is -2.16. The van der Waals surface area contributed by atoms with Gasteiger partial charge in [-0.15, -0.1) is 0 Å². The fourth-order valence-electron chi connectivity index (χ4n) is 1.25. The van der Waals surface area contributed by atoms with Crippen molar-refractivity contribution in [2.45, 2.75) is 13.5 Å². The molecule has 0 aliphatic rings. The third kappa shape index (κ3) is 2.25. The van der Waals surface area contributed by atoms with Crippen LogP contribution >= 0.6 is 0 Å². The van der Waals surface area contributed by atoms with E-state index >= 15 is 0 Å². The smallest absolute Gasteiger partial charge is 0.387 e. The van der Waals surface area contributed by atoms with Crippen molar-refractivity contribution < 1.29 is 23.4 Å². The van der Waals surface area contributed by atoms with Crippen LogP contribution in [0.1, 0.15) is 21.5 Å². The molecule has 6 heteroatoms. The van der Waals surface area contributed by atoms with Crippen LogP contribution in [0, 0.1) is 18.3 Å². The van der Waals surface area contributed by atoms with Crippen LogP contribution in [-0.4, -0.2) is 17.7 Å². The topological polar surface area (TPSA) is 70.3 Å². The first kappa shape index (κ1) is 11.9. The van der Waals surface area contributed by atoms with Crippen molar-refractivity contribution in [3.63, 3.8) is 0 Å². The van der Waals surface area contributed by atoms with Gasteiger partial charge in [-0.05, 0) is 19.1 Å². The van der Waals surface area contributed by atoms with E-state index in [-0.39, 0.29) is 16.7 Å². The summed E-state index contributed by atoms with van der Waals surface area (Å²) in [6, 6.07) is 3.96. The molecule has 0 unspecified atom stereocenters. The molecule has 0 aliphatic heterocycles. The number of ether oxygens (including phenoxy) is 1. The number of hydrogen-bond donors (Lipinski definition) is 1. The summed E-state index contributed by atoms with van der Waals surface area (Å²) in [4.78, 5) is 10.7. The summed E-state index contributed by atoms with van der Waals surface area (Å²) < 4.78 is 28.3. The lowest BCUT2D eigenvalue weighted by Crippen LogP contribution is -2.08. The Bertz CT molecular complexity index is 466. The molecule has 1 rings (SSSR count). The lowest BCUT2D eigenvalue weighted by atomic mass is 10.0. The number of carbonyl (C=O) groups is 1. The largest absolute Gasteiger partial charge is 0.478 e. The van der Waals surface area contributed by atoms with Gasteiger partial charge in [-0.25, -0.2) is 4.79 Å². The summed E-state index contributed by atoms with van der Waals surface area (Å²) in [6.45, 7) is -1.79. The standard InChI is InChI=1S/C10H7F2NO3/c1-5-7(9(14)15)3-2-6(4-13)8(5)16-10(11)12/h2-3,10H,1H3,(H,14,15). The zero-order chi connectivity index (χ0) is 12.3. The summed E-state index contributed by atoms with van der Waals surface area (Å²) in [5.74, 6) is -1.65. The third-order valence-electron chi connectivity index (χ3n) is 1.96. The Balaban J connectivity index is 3.36. The minimum absolute atomic E-state index is 0.00634. The first-order valence-electron chi connectivity index (χ1n) is 4.19. The normalized spacial score (nSPS) is 9.94. The highest BCUT2D eigenvalue weighted by molar-refractivity contribution is 5.90. The molecule has 0 bridgehead atoms. The average molecular weight is 227 g/mol. The van der Waals surface area contributed by atoms with Gasteiger partial charge >= 0.3 is 12.6 Å². The predicted octanol–water partition coefficient (Wildman–Crippen LogP) is 2.17. The third-order valence-corrected chi connectivity index (χ3v) is 1.96. The number of aromatic carboxylic acids is 1. The quantitative estimate of drug-likeness (QED) is 0.858. The number of hydrogen-bond acceptors (Lipinski definition) is 3. The molecule has 0 saturated heterocycles. The molecule has 0 spiro atoms. The van der Waals surface area contributed by atoms with Gasteiger partial charge in [0.1, 0.15) is 11.8 Å². The molecule has 1 N–H and O–H groups in total. The highest BCUT2D eigenvalue weighted by atomic mass is 19.3. The van der Waals surface area contributed by atoms with E-state index in [9.17, 15) is 13.6 Å². The van der Waals surface area contributed by atoms with E-state index in [4.69, 9.17) is 10.4 Å². The summed E-state index contributed by atoms with van der Waals surface area (Å²) in [7, 11) is 0. The van der Waals surface area contributed by atoms with Gasteiger partial charge in [-0.2, -0.15) is 14.0 Å². The van der Waals surface area contributed by atoms with Crippen LogP contribution in [0.5, 0.6) is 5.75 Å². The van der Waals surface area contributed by atoms with Gasteiger partial charge in [-0.3, -0.25) is 0 Å². The van der Waals surface area contributed by atoms with Crippen molar-refractivity contribution in [3.05, 3.63) is 28.8 Å². The summed E-state index contributed by atoms with van der Waals surface area (Å²) >= 11 is 0. The minimum atomic E-state index is -3.10. The van der Waals surface area contributed by atoms with Gasteiger partial charge < -0.3 is 9.84 Å². The first-order valence-corrected chi connectivity index (χ1v) is 4.19. The maximum absolute atomic E-state index is 12.1. The molecule has 1 aromatic rings. The number of benzene rings is 1. The maximum atomic E-state index is 12.1. The summed E-state index contributed by atoms with van der Waals surface area (Å²) in [5.41, 5.74) is -0.288. The van der Waals surface area contributed by atoms with E-state index in [1.54, 1.807) is 6.07 Å². The summed E-state index contributed by atoms with van der Waals surface area (Å²) in [6.07, 6.45) is 0. The molecule has 84 valence electrons. The van der Waals surface area contributed by atoms with Crippen molar-refractivity contribution in [2.75, 3.05) is 0 Å². The monoisotopic (exact) mass is 227 g/mol. The van der Waals surface area contributed by atoms with E-state index in [1.165, 1.54) is 13.0 Å². The number of carboxylic acids is 1. The van der Waals surface area contributed by atoms with Crippen molar-refractivity contribution in [2.24, 2.45) is 0 Å². The van der Waals surface area contributed by atoms with Crippen LogP contribution in [0.3, 0.4) is 0 Å². The van der Waals surface area contributed by atoms with Gasteiger partial charge in [0, 0.05) is 5.56 Å². The average Bonchev–Trinajstić information content (AvgIpc) is 2.19. The van der Waals surface area contributed by atoms with E-state index in [2.05, 4.69) is 4.74 Å². The number of nitrogens with zero attached hydrogens (tertiary/aromatic N) is 1. The molecule has 1 aromatic carbocycles. The van der Waals surface area contributed by atoms with Crippen LogP contribution in [-0.2, 0) is 0 Å². The van der Waals surface area contributed by atoms with Gasteiger partial charge in [0.05, 0.1) is 11.1 Å². The molecule has 0 atom stereocenters. The molecule has 0 aliphatic carbocycles. The van der Waals surface area contributed by atoms with E-state index in [0.29, 0.717) is 0 Å². The van der Waals surface area contributed by atoms with Gasteiger partial charge in [-0.1, -0.05) is 0 Å². The molecule has 0 fully saturated rings. The fraction of sp³-hybridized carbons (Fsp3) is 0.200. The first-order chi connectivity index (χ1) is 7.47. The second-order valence-corrected chi connectivity index (χ2v) is 2.91. The number of nitriles is 1. The minimum Gasteiger partial charge on any atom is -0.478 e. The number of carboxylic acid groups (broad SMARTS) is 1. The maximum Gasteiger partial charge on any atom is 0.387 e. The summed E-state index contributed by atoms with van der Waals surface area (Å²) in [5, 5.41) is 17.4. The zero-order valence-corrected chi connectivity index (χ0v) is 8.20. The molecular formula is C10H7F2NO3. The Morgan fingerprint density at radius 1 is 1.56 bits per heavy atom. The van der Waals surface area contributed by atoms with Crippen LogP contribution in [0.25, 0.3) is 0 Å². The lowest BCUT2D eigenvalue weighted by molar-refractivity contribution is -0.0505. The van der Waals surface area contributed by atoms with E-state index in [1.807, 2.05) is 0 Å². The molecule has 16 heavy (non-hydrogen) atoms. The highest BCUT2D eigenvalue weighted by Gasteiger charge is 2.18. The van der Waals surface area contributed by atoms with Crippen molar-refractivity contribution in [1.29, 1.82) is 5.26 Å².